The van der Waals surface area contributed by atoms with Gasteiger partial charge in [-0.2, -0.15) is 4.37 Å². The highest BCUT2D eigenvalue weighted by Gasteiger charge is 2.32. The molecule has 1 atom stereocenters. The van der Waals surface area contributed by atoms with Crippen molar-refractivity contribution < 1.29 is 19.2 Å². The lowest BCUT2D eigenvalue weighted by Gasteiger charge is -2.09. The Balaban J connectivity index is 1.85. The first-order valence-corrected chi connectivity index (χ1v) is 7.93. The van der Waals surface area contributed by atoms with E-state index in [4.69, 9.17) is 14.1 Å². The van der Waals surface area contributed by atoms with E-state index in [2.05, 4.69) is 9.36 Å². The minimum atomic E-state index is -0.706. The molecule has 1 aromatic carbocycles. The van der Waals surface area contributed by atoms with Gasteiger partial charge in [0, 0.05) is 18.1 Å². The molecule has 8 heteroatoms. The van der Waals surface area contributed by atoms with Gasteiger partial charge in [-0.25, -0.2) is 4.98 Å². The first kappa shape index (κ1) is 15.3. The Morgan fingerprint density at radius 1 is 1.45 bits per heavy atom. The number of methoxy groups -OCH3 is 1. The van der Waals surface area contributed by atoms with Gasteiger partial charge in [0.2, 0.25) is 0 Å². The van der Waals surface area contributed by atoms with Crippen LogP contribution in [-0.4, -0.2) is 41.8 Å². The Morgan fingerprint density at radius 3 is 3.00 bits per heavy atom. The van der Waals surface area contributed by atoms with Crippen LogP contribution in [0.2, 0.25) is 6.32 Å². The molecule has 116 valence electrons. The molecule has 1 saturated heterocycles. The lowest BCUT2D eigenvalue weighted by atomic mass is 9.82. The Labute approximate surface area is 133 Å². The molecule has 1 aliphatic heterocycles. The van der Waals surface area contributed by atoms with Crippen molar-refractivity contribution >= 4 is 18.7 Å². The van der Waals surface area contributed by atoms with Gasteiger partial charge in [-0.05, 0) is 43.0 Å². The second-order valence-electron chi connectivity index (χ2n) is 4.98. The van der Waals surface area contributed by atoms with E-state index >= 15 is 0 Å². The number of aromatic nitrogens is 2. The van der Waals surface area contributed by atoms with Crippen molar-refractivity contribution in [2.75, 3.05) is 20.3 Å². The van der Waals surface area contributed by atoms with E-state index in [0.717, 1.165) is 16.4 Å². The summed E-state index contributed by atoms with van der Waals surface area (Å²) in [5.41, 5.74) is 0.937. The molecule has 0 amide bonds. The van der Waals surface area contributed by atoms with Crippen molar-refractivity contribution in [2.45, 2.75) is 19.2 Å². The number of hydrogen-bond donors (Lipinski definition) is 1. The second kappa shape index (κ2) is 6.64. The zero-order valence-electron chi connectivity index (χ0n) is 12.5. The van der Waals surface area contributed by atoms with Crippen LogP contribution in [0.3, 0.4) is 0 Å². The van der Waals surface area contributed by atoms with Crippen LogP contribution in [0.4, 0.5) is 0 Å². The Morgan fingerprint density at radius 2 is 2.32 bits per heavy atom. The first-order chi connectivity index (χ1) is 10.7. The summed E-state index contributed by atoms with van der Waals surface area (Å²) in [6, 6.07) is 5.71. The topological polar surface area (TPSA) is 73.7 Å². The summed E-state index contributed by atoms with van der Waals surface area (Å²) in [6.07, 6.45) is 0.545. The molecule has 0 spiro atoms. The molecule has 6 nitrogen and oxygen atoms in total. The highest BCUT2D eigenvalue weighted by molar-refractivity contribution is 7.09. The van der Waals surface area contributed by atoms with E-state index in [9.17, 15) is 5.02 Å². The molecule has 0 saturated carbocycles. The van der Waals surface area contributed by atoms with Gasteiger partial charge in [0.25, 0.3) is 0 Å². The number of hydrogen-bond acceptors (Lipinski definition) is 7. The van der Waals surface area contributed by atoms with Crippen molar-refractivity contribution in [3.63, 3.8) is 0 Å². The highest BCUT2D eigenvalue weighted by Crippen LogP contribution is 2.35. The Bertz CT molecular complexity index is 652. The molecule has 1 fully saturated rings. The summed E-state index contributed by atoms with van der Waals surface area (Å²) in [5, 5.41) is 10.3. The second-order valence-corrected chi connectivity index (χ2v) is 5.73. The van der Waals surface area contributed by atoms with Gasteiger partial charge in [-0.1, -0.05) is 0 Å². The van der Waals surface area contributed by atoms with Crippen LogP contribution in [0.5, 0.6) is 11.5 Å². The van der Waals surface area contributed by atoms with Crippen LogP contribution in [0.15, 0.2) is 18.2 Å². The third-order valence-corrected chi connectivity index (χ3v) is 4.27. The van der Waals surface area contributed by atoms with E-state index in [1.54, 1.807) is 7.11 Å². The van der Waals surface area contributed by atoms with E-state index in [-0.39, 0.29) is 5.92 Å². The molecule has 0 aliphatic carbocycles. The van der Waals surface area contributed by atoms with Crippen molar-refractivity contribution in [3.8, 4) is 22.1 Å². The molecular formula is C14H17BN2O4S. The average molecular weight is 320 g/mol. The first-order valence-electron chi connectivity index (χ1n) is 7.15. The molecule has 1 aromatic heterocycles. The fourth-order valence-electron chi connectivity index (χ4n) is 2.38. The summed E-state index contributed by atoms with van der Waals surface area (Å²) in [6.45, 7) is 2.96. The number of rotatable bonds is 5. The lowest BCUT2D eigenvalue weighted by molar-refractivity contribution is 0.290. The molecule has 3 rings (SSSR count). The maximum atomic E-state index is 9.43. The fraction of sp³-hybridized carbons (Fsp3) is 0.429. The van der Waals surface area contributed by atoms with Crippen molar-refractivity contribution in [3.05, 3.63) is 24.0 Å². The zero-order chi connectivity index (χ0) is 15.5. The number of ether oxygens (including phenoxy) is 2. The monoisotopic (exact) mass is 320 g/mol. The summed E-state index contributed by atoms with van der Waals surface area (Å²) in [5.74, 6) is 2.18. The average Bonchev–Trinajstić information content (AvgIpc) is 3.16. The third-order valence-electron chi connectivity index (χ3n) is 3.49. The summed E-state index contributed by atoms with van der Waals surface area (Å²) in [4.78, 5) is 4.57. The molecule has 22 heavy (non-hydrogen) atoms. The van der Waals surface area contributed by atoms with Gasteiger partial charge < -0.3 is 19.2 Å². The minimum Gasteiger partial charge on any atom is -0.493 e. The van der Waals surface area contributed by atoms with Crippen LogP contribution in [0.1, 0.15) is 18.7 Å². The van der Waals surface area contributed by atoms with Crippen LogP contribution < -0.4 is 9.47 Å². The predicted octanol–water partition coefficient (Wildman–Crippen LogP) is 2.21. The molecule has 1 N–H and O–H groups in total. The van der Waals surface area contributed by atoms with Gasteiger partial charge in [-0.15, -0.1) is 0 Å². The quantitative estimate of drug-likeness (QED) is 0.852. The molecule has 1 unspecified atom stereocenters. The van der Waals surface area contributed by atoms with E-state index in [1.165, 1.54) is 11.5 Å². The van der Waals surface area contributed by atoms with Crippen LogP contribution in [0.25, 0.3) is 10.6 Å². The fourth-order valence-corrected chi connectivity index (χ4v) is 3.12. The van der Waals surface area contributed by atoms with Gasteiger partial charge in [-0.3, -0.25) is 0 Å². The smallest absolute Gasteiger partial charge is 0.454 e. The highest BCUT2D eigenvalue weighted by atomic mass is 32.1. The lowest BCUT2D eigenvalue weighted by Crippen LogP contribution is -2.07. The Hall–Kier alpha value is -1.64. The van der Waals surface area contributed by atoms with Crippen molar-refractivity contribution in [1.82, 2.24) is 9.36 Å². The molecule has 2 aromatic rings. The molecular weight excluding hydrogens is 303 g/mol. The molecule has 0 bridgehead atoms. The SMILES string of the molecule is CCOc1cc(-c2nc(C3COB(O)C3)ns2)ccc1OC. The van der Waals surface area contributed by atoms with Crippen LogP contribution in [0, 0.1) is 0 Å². The van der Waals surface area contributed by atoms with Gasteiger partial charge >= 0.3 is 7.12 Å². The molecule has 0 radical (unpaired) electrons. The van der Waals surface area contributed by atoms with Gasteiger partial charge in [0.1, 0.15) is 10.8 Å². The van der Waals surface area contributed by atoms with Gasteiger partial charge in [0.05, 0.1) is 13.7 Å². The number of nitrogens with zero attached hydrogens (tertiary/aromatic N) is 2. The molecule has 2 heterocycles. The van der Waals surface area contributed by atoms with Crippen molar-refractivity contribution in [1.29, 1.82) is 0 Å². The Kier molecular flexibility index (Phi) is 4.61. The van der Waals surface area contributed by atoms with E-state index < -0.39 is 7.12 Å². The third kappa shape index (κ3) is 3.09. The van der Waals surface area contributed by atoms with Crippen molar-refractivity contribution in [2.24, 2.45) is 0 Å². The van der Waals surface area contributed by atoms with Crippen LogP contribution >= 0.6 is 11.5 Å². The maximum Gasteiger partial charge on any atom is 0.454 e. The predicted molar refractivity (Wildman–Crippen MR) is 84.5 cm³/mol. The van der Waals surface area contributed by atoms with Gasteiger partial charge in [0.15, 0.2) is 11.5 Å². The number of benzene rings is 1. The largest absolute Gasteiger partial charge is 0.493 e. The van der Waals surface area contributed by atoms with E-state index in [1.807, 2.05) is 25.1 Å². The minimum absolute atomic E-state index is 0.0598. The molecule has 1 aliphatic rings. The zero-order valence-corrected chi connectivity index (χ0v) is 13.3. The van der Waals surface area contributed by atoms with E-state index in [0.29, 0.717) is 31.0 Å². The van der Waals surface area contributed by atoms with Crippen LogP contribution in [-0.2, 0) is 4.65 Å². The summed E-state index contributed by atoms with van der Waals surface area (Å²) >= 11 is 1.34. The normalized spacial score (nSPS) is 17.8. The summed E-state index contributed by atoms with van der Waals surface area (Å²) < 4.78 is 20.4. The standard InChI is InChI=1S/C14H17BN2O4S/c1-3-20-12-6-9(4-5-11(12)19-2)14-16-13(17-22-14)10-7-15(18)21-8-10/h4-6,10,18H,3,7-8H2,1-2H3. The summed E-state index contributed by atoms with van der Waals surface area (Å²) in [7, 11) is 0.911. The maximum absolute atomic E-state index is 9.43.